The van der Waals surface area contributed by atoms with Crippen LogP contribution in [0.15, 0.2) is 36.5 Å². The van der Waals surface area contributed by atoms with Gasteiger partial charge in [-0.2, -0.15) is 5.10 Å². The lowest BCUT2D eigenvalue weighted by Crippen LogP contribution is -2.38. The van der Waals surface area contributed by atoms with Gasteiger partial charge in [-0.05, 0) is 51.8 Å². The molecule has 1 saturated heterocycles. The van der Waals surface area contributed by atoms with Crippen LogP contribution in [0.5, 0.6) is 5.75 Å². The van der Waals surface area contributed by atoms with Gasteiger partial charge >= 0.3 is 0 Å². The SMILES string of the molecule is CCn1cc(NC(=O)CN2CCCC(O)(COc3ccccc3)CC2)c(C)n1. The van der Waals surface area contributed by atoms with Gasteiger partial charge in [0.05, 0.1) is 23.5 Å². The quantitative estimate of drug-likeness (QED) is 0.764. The number of aliphatic hydroxyl groups is 1. The number of likely N-dealkylation sites (tertiary alicyclic amines) is 1. The van der Waals surface area contributed by atoms with Crippen LogP contribution in [0.4, 0.5) is 5.69 Å². The smallest absolute Gasteiger partial charge is 0.238 e. The topological polar surface area (TPSA) is 79.6 Å². The molecule has 7 heteroatoms. The first-order valence-electron chi connectivity index (χ1n) is 9.94. The molecule has 1 amide bonds. The molecule has 1 aromatic heterocycles. The van der Waals surface area contributed by atoms with E-state index in [4.69, 9.17) is 4.74 Å². The molecule has 0 radical (unpaired) electrons. The van der Waals surface area contributed by atoms with Gasteiger partial charge in [0, 0.05) is 19.3 Å². The Labute approximate surface area is 166 Å². The van der Waals surface area contributed by atoms with E-state index in [1.165, 1.54) is 0 Å². The zero-order valence-electron chi connectivity index (χ0n) is 16.7. The van der Waals surface area contributed by atoms with Crippen molar-refractivity contribution in [3.05, 3.63) is 42.2 Å². The molecular formula is C21H30N4O3. The Morgan fingerprint density at radius 3 is 2.79 bits per heavy atom. The lowest BCUT2D eigenvalue weighted by atomic mass is 9.96. The maximum atomic E-state index is 12.4. The van der Waals surface area contributed by atoms with Crippen LogP contribution < -0.4 is 10.1 Å². The second-order valence-electron chi connectivity index (χ2n) is 7.49. The predicted octanol–water partition coefficient (Wildman–Crippen LogP) is 2.45. The number of rotatable bonds is 7. The van der Waals surface area contributed by atoms with Crippen molar-refractivity contribution in [2.75, 3.05) is 31.6 Å². The van der Waals surface area contributed by atoms with Crippen LogP contribution in [0.1, 0.15) is 31.9 Å². The van der Waals surface area contributed by atoms with Crippen molar-refractivity contribution in [1.82, 2.24) is 14.7 Å². The van der Waals surface area contributed by atoms with E-state index in [9.17, 15) is 9.90 Å². The molecule has 1 aliphatic rings. The van der Waals surface area contributed by atoms with Crippen LogP contribution in [-0.4, -0.2) is 57.5 Å². The van der Waals surface area contributed by atoms with Crippen LogP contribution in [0.2, 0.25) is 0 Å². The van der Waals surface area contributed by atoms with Crippen molar-refractivity contribution in [2.45, 2.75) is 45.3 Å². The highest BCUT2D eigenvalue weighted by Crippen LogP contribution is 2.24. The number of aryl methyl sites for hydroxylation is 2. The highest BCUT2D eigenvalue weighted by molar-refractivity contribution is 5.92. The number of aromatic nitrogens is 2. The third kappa shape index (κ3) is 5.56. The number of para-hydroxylation sites is 1. The summed E-state index contributed by atoms with van der Waals surface area (Å²) < 4.78 is 7.58. The average Bonchev–Trinajstić information content (AvgIpc) is 2.93. The Balaban J connectivity index is 1.48. The molecule has 152 valence electrons. The van der Waals surface area contributed by atoms with Crippen molar-refractivity contribution in [3.63, 3.8) is 0 Å². The van der Waals surface area contributed by atoms with Crippen LogP contribution in [0.3, 0.4) is 0 Å². The third-order valence-electron chi connectivity index (χ3n) is 5.17. The van der Waals surface area contributed by atoms with Crippen molar-refractivity contribution >= 4 is 11.6 Å². The van der Waals surface area contributed by atoms with Gasteiger partial charge in [-0.25, -0.2) is 0 Å². The molecule has 28 heavy (non-hydrogen) atoms. The van der Waals surface area contributed by atoms with Gasteiger partial charge in [0.25, 0.3) is 0 Å². The van der Waals surface area contributed by atoms with Crippen LogP contribution in [0.25, 0.3) is 0 Å². The van der Waals surface area contributed by atoms with Crippen LogP contribution in [-0.2, 0) is 11.3 Å². The Morgan fingerprint density at radius 2 is 2.07 bits per heavy atom. The minimum absolute atomic E-state index is 0.0512. The summed E-state index contributed by atoms with van der Waals surface area (Å²) >= 11 is 0. The minimum atomic E-state index is -0.861. The Bertz CT molecular complexity index is 777. The fraction of sp³-hybridized carbons (Fsp3) is 0.524. The van der Waals surface area contributed by atoms with Crippen molar-refractivity contribution in [3.8, 4) is 5.75 Å². The van der Waals surface area contributed by atoms with Gasteiger partial charge in [-0.1, -0.05) is 18.2 Å². The Kier molecular flexibility index (Phi) is 6.70. The number of carbonyl (C=O) groups is 1. The number of hydrogen-bond donors (Lipinski definition) is 2. The van der Waals surface area contributed by atoms with E-state index >= 15 is 0 Å². The first-order valence-corrected chi connectivity index (χ1v) is 9.94. The highest BCUT2D eigenvalue weighted by atomic mass is 16.5. The average molecular weight is 386 g/mol. The highest BCUT2D eigenvalue weighted by Gasteiger charge is 2.31. The number of carbonyl (C=O) groups excluding carboxylic acids is 1. The Hall–Kier alpha value is -2.38. The number of anilines is 1. The molecule has 0 aliphatic carbocycles. The summed E-state index contributed by atoms with van der Waals surface area (Å²) in [6.07, 6.45) is 3.93. The summed E-state index contributed by atoms with van der Waals surface area (Å²) in [5.41, 5.74) is 0.716. The molecular weight excluding hydrogens is 356 g/mol. The molecule has 0 bridgehead atoms. The summed E-state index contributed by atoms with van der Waals surface area (Å²) in [6, 6.07) is 9.54. The maximum Gasteiger partial charge on any atom is 0.238 e. The summed E-state index contributed by atoms with van der Waals surface area (Å²) in [7, 11) is 0. The van der Waals surface area contributed by atoms with Gasteiger partial charge in [-0.15, -0.1) is 0 Å². The van der Waals surface area contributed by atoms with Crippen LogP contribution >= 0.6 is 0 Å². The van der Waals surface area contributed by atoms with E-state index in [1.54, 1.807) is 0 Å². The van der Waals surface area contributed by atoms with Gasteiger partial charge in [0.2, 0.25) is 5.91 Å². The van der Waals surface area contributed by atoms with E-state index < -0.39 is 5.60 Å². The van der Waals surface area contributed by atoms with E-state index in [1.807, 2.05) is 55.1 Å². The second kappa shape index (κ2) is 9.21. The molecule has 1 atom stereocenters. The number of ether oxygens (including phenoxy) is 1. The number of hydrogen-bond acceptors (Lipinski definition) is 5. The fourth-order valence-electron chi connectivity index (χ4n) is 3.47. The minimum Gasteiger partial charge on any atom is -0.491 e. The number of nitrogens with zero attached hydrogens (tertiary/aromatic N) is 3. The van der Waals surface area contributed by atoms with Gasteiger partial charge in [0.1, 0.15) is 12.4 Å². The first kappa shape index (κ1) is 20.4. The summed E-state index contributed by atoms with van der Waals surface area (Å²) in [6.45, 7) is 6.70. The molecule has 2 N–H and O–H groups in total. The first-order chi connectivity index (χ1) is 13.5. The number of benzene rings is 1. The van der Waals surface area contributed by atoms with Gasteiger partial charge < -0.3 is 15.2 Å². The second-order valence-corrected chi connectivity index (χ2v) is 7.49. The third-order valence-corrected chi connectivity index (χ3v) is 5.17. The van der Waals surface area contributed by atoms with Gasteiger partial charge in [-0.3, -0.25) is 14.4 Å². The largest absolute Gasteiger partial charge is 0.491 e. The molecule has 0 saturated carbocycles. The summed E-state index contributed by atoms with van der Waals surface area (Å²) in [5.74, 6) is 0.712. The fourth-order valence-corrected chi connectivity index (χ4v) is 3.47. The van der Waals surface area contributed by atoms with Crippen LogP contribution in [0, 0.1) is 6.92 Å². The molecule has 7 nitrogen and oxygen atoms in total. The molecule has 1 aromatic carbocycles. The Morgan fingerprint density at radius 1 is 1.29 bits per heavy atom. The van der Waals surface area contributed by atoms with E-state index in [-0.39, 0.29) is 12.5 Å². The maximum absolute atomic E-state index is 12.4. The molecule has 3 rings (SSSR count). The molecule has 2 heterocycles. The molecule has 2 aromatic rings. The molecule has 1 fully saturated rings. The lowest BCUT2D eigenvalue weighted by molar-refractivity contribution is -0.117. The van der Waals surface area contributed by atoms with Crippen molar-refractivity contribution < 1.29 is 14.6 Å². The van der Waals surface area contributed by atoms with Gasteiger partial charge in [0.15, 0.2) is 0 Å². The van der Waals surface area contributed by atoms with Crippen molar-refractivity contribution in [1.29, 1.82) is 0 Å². The van der Waals surface area contributed by atoms with E-state index in [0.29, 0.717) is 25.9 Å². The number of nitrogens with one attached hydrogen (secondary N) is 1. The molecule has 1 aliphatic heterocycles. The van der Waals surface area contributed by atoms with E-state index in [0.717, 1.165) is 36.6 Å². The zero-order chi connectivity index (χ0) is 20.0. The van der Waals surface area contributed by atoms with E-state index in [2.05, 4.69) is 15.3 Å². The molecule has 0 spiro atoms. The summed E-state index contributed by atoms with van der Waals surface area (Å²) in [4.78, 5) is 14.5. The normalized spacial score (nSPS) is 20.5. The predicted molar refractivity (Wildman–Crippen MR) is 108 cm³/mol. The summed E-state index contributed by atoms with van der Waals surface area (Å²) in [5, 5.41) is 18.2. The molecule has 1 unspecified atom stereocenters. The zero-order valence-corrected chi connectivity index (χ0v) is 16.7. The standard InChI is InChI=1S/C21H30N4O3/c1-3-25-14-19(17(2)23-25)22-20(26)15-24-12-7-10-21(27,11-13-24)16-28-18-8-5-4-6-9-18/h4-6,8-9,14,27H,3,7,10-13,15-16H2,1-2H3,(H,22,26). The monoisotopic (exact) mass is 386 g/mol. The van der Waals surface area contributed by atoms with Crippen molar-refractivity contribution in [2.24, 2.45) is 0 Å². The number of amides is 1. The lowest BCUT2D eigenvalue weighted by Gasteiger charge is -2.27.